The molecule has 1 heterocycles. The number of carbonyl (C=O) groups is 1. The lowest BCUT2D eigenvalue weighted by molar-refractivity contribution is 0.0696. The standard InChI is InChI=1S/C10H8BrN3O4S/c11-9-2-1-6(3-8(9)10(15)16)14-19(17,18)7-4-12-13-5-7/h1-5,14H,(H,12,13)(H,15,16). The number of carboxylic acids is 1. The molecular weight excluding hydrogens is 338 g/mol. The molecule has 0 aliphatic heterocycles. The molecule has 0 fully saturated rings. The van der Waals surface area contributed by atoms with Crippen LogP contribution in [-0.4, -0.2) is 29.7 Å². The number of hydrogen-bond donors (Lipinski definition) is 3. The van der Waals surface area contributed by atoms with Crippen LogP contribution in [0.15, 0.2) is 40.0 Å². The van der Waals surface area contributed by atoms with Gasteiger partial charge in [0.25, 0.3) is 10.0 Å². The number of carboxylic acid groups (broad SMARTS) is 1. The van der Waals surface area contributed by atoms with Gasteiger partial charge in [-0.05, 0) is 34.1 Å². The summed E-state index contributed by atoms with van der Waals surface area (Å²) < 4.78 is 26.4. The predicted octanol–water partition coefficient (Wildman–Crippen LogP) is 1.67. The number of halogens is 1. The van der Waals surface area contributed by atoms with E-state index in [1.807, 2.05) is 0 Å². The molecule has 0 radical (unpaired) electrons. The number of aromatic carboxylic acids is 1. The Morgan fingerprint density at radius 2 is 2.16 bits per heavy atom. The average molecular weight is 346 g/mol. The first-order valence-electron chi connectivity index (χ1n) is 4.94. The van der Waals surface area contributed by atoms with Crippen molar-refractivity contribution in [3.05, 3.63) is 40.6 Å². The van der Waals surface area contributed by atoms with Gasteiger partial charge < -0.3 is 5.11 Å². The number of hydrogen-bond acceptors (Lipinski definition) is 4. The van der Waals surface area contributed by atoms with E-state index in [4.69, 9.17) is 5.11 Å². The van der Waals surface area contributed by atoms with E-state index in [1.165, 1.54) is 24.4 Å². The van der Waals surface area contributed by atoms with Crippen LogP contribution in [0.1, 0.15) is 10.4 Å². The van der Waals surface area contributed by atoms with Crippen molar-refractivity contribution in [2.24, 2.45) is 0 Å². The molecule has 3 N–H and O–H groups in total. The third-order valence-corrected chi connectivity index (χ3v) is 4.27. The van der Waals surface area contributed by atoms with Crippen LogP contribution in [0.2, 0.25) is 0 Å². The molecule has 100 valence electrons. The van der Waals surface area contributed by atoms with Crippen molar-refractivity contribution in [1.29, 1.82) is 0 Å². The van der Waals surface area contributed by atoms with E-state index in [2.05, 4.69) is 30.8 Å². The molecule has 2 aromatic rings. The topological polar surface area (TPSA) is 112 Å². The lowest BCUT2D eigenvalue weighted by atomic mass is 10.2. The van der Waals surface area contributed by atoms with E-state index in [-0.39, 0.29) is 16.1 Å². The molecule has 0 bridgehead atoms. The summed E-state index contributed by atoms with van der Waals surface area (Å²) in [6.45, 7) is 0. The normalized spacial score (nSPS) is 11.2. The lowest BCUT2D eigenvalue weighted by Gasteiger charge is -2.07. The van der Waals surface area contributed by atoms with E-state index in [9.17, 15) is 13.2 Å². The number of H-pyrrole nitrogens is 1. The van der Waals surface area contributed by atoms with Gasteiger partial charge in [-0.25, -0.2) is 13.2 Å². The highest BCUT2D eigenvalue weighted by atomic mass is 79.9. The average Bonchev–Trinajstić information content (AvgIpc) is 2.85. The first-order valence-corrected chi connectivity index (χ1v) is 7.22. The molecule has 0 spiro atoms. The zero-order valence-corrected chi connectivity index (χ0v) is 11.7. The Hall–Kier alpha value is -1.87. The third kappa shape index (κ3) is 2.93. The summed E-state index contributed by atoms with van der Waals surface area (Å²) in [4.78, 5) is 10.9. The van der Waals surface area contributed by atoms with Gasteiger partial charge in [-0.2, -0.15) is 5.10 Å². The number of benzene rings is 1. The summed E-state index contributed by atoms with van der Waals surface area (Å²) in [6, 6.07) is 4.13. The molecule has 1 aromatic heterocycles. The van der Waals surface area contributed by atoms with Crippen LogP contribution in [-0.2, 0) is 10.0 Å². The summed E-state index contributed by atoms with van der Waals surface area (Å²) in [7, 11) is -3.78. The summed E-state index contributed by atoms with van der Waals surface area (Å²) in [5.74, 6) is -1.16. The molecule has 7 nitrogen and oxygen atoms in total. The van der Waals surface area contributed by atoms with Crippen molar-refractivity contribution in [3.63, 3.8) is 0 Å². The van der Waals surface area contributed by atoms with Crippen molar-refractivity contribution in [2.75, 3.05) is 4.72 Å². The van der Waals surface area contributed by atoms with Gasteiger partial charge in [-0.1, -0.05) is 0 Å². The minimum absolute atomic E-state index is 0.0348. The fraction of sp³-hybridized carbons (Fsp3) is 0. The maximum Gasteiger partial charge on any atom is 0.336 e. The van der Waals surface area contributed by atoms with E-state index in [0.717, 1.165) is 6.20 Å². The summed E-state index contributed by atoms with van der Waals surface area (Å²) in [5.41, 5.74) is 0.120. The highest BCUT2D eigenvalue weighted by Gasteiger charge is 2.17. The van der Waals surface area contributed by atoms with Gasteiger partial charge in [-0.15, -0.1) is 0 Å². The zero-order chi connectivity index (χ0) is 14.0. The summed E-state index contributed by atoms with van der Waals surface area (Å²) in [6.07, 6.45) is 2.37. The zero-order valence-electron chi connectivity index (χ0n) is 9.29. The number of aromatic nitrogens is 2. The molecule has 2 rings (SSSR count). The van der Waals surface area contributed by atoms with Crippen LogP contribution in [0.25, 0.3) is 0 Å². The predicted molar refractivity (Wildman–Crippen MR) is 70.5 cm³/mol. The number of aromatic amines is 1. The summed E-state index contributed by atoms with van der Waals surface area (Å²) in [5, 5.41) is 14.9. The Labute approximate surface area is 116 Å². The first kappa shape index (κ1) is 13.6. The van der Waals surface area contributed by atoms with Crippen LogP contribution in [0, 0.1) is 0 Å². The molecule has 0 atom stereocenters. The molecule has 0 aliphatic carbocycles. The van der Waals surface area contributed by atoms with Crippen molar-refractivity contribution < 1.29 is 18.3 Å². The number of sulfonamides is 1. The van der Waals surface area contributed by atoms with Gasteiger partial charge in [-0.3, -0.25) is 9.82 Å². The van der Waals surface area contributed by atoms with Crippen molar-refractivity contribution >= 4 is 37.6 Å². The molecule has 1 aromatic carbocycles. The van der Waals surface area contributed by atoms with Gasteiger partial charge in [0.1, 0.15) is 4.90 Å². The number of nitrogens with zero attached hydrogens (tertiary/aromatic N) is 1. The van der Waals surface area contributed by atoms with E-state index >= 15 is 0 Å². The Morgan fingerprint density at radius 1 is 1.42 bits per heavy atom. The van der Waals surface area contributed by atoms with Crippen LogP contribution in [0.4, 0.5) is 5.69 Å². The maximum absolute atomic E-state index is 11.9. The summed E-state index contributed by atoms with van der Waals surface area (Å²) >= 11 is 3.08. The third-order valence-electron chi connectivity index (χ3n) is 2.23. The van der Waals surface area contributed by atoms with Gasteiger partial charge in [0.15, 0.2) is 0 Å². The van der Waals surface area contributed by atoms with Crippen LogP contribution in [0.3, 0.4) is 0 Å². The quantitative estimate of drug-likeness (QED) is 0.780. The van der Waals surface area contributed by atoms with Crippen molar-refractivity contribution in [3.8, 4) is 0 Å². The highest BCUT2D eigenvalue weighted by Crippen LogP contribution is 2.23. The van der Waals surface area contributed by atoms with E-state index < -0.39 is 16.0 Å². The maximum atomic E-state index is 11.9. The number of anilines is 1. The van der Waals surface area contributed by atoms with Crippen molar-refractivity contribution in [1.82, 2.24) is 10.2 Å². The highest BCUT2D eigenvalue weighted by molar-refractivity contribution is 9.10. The number of rotatable bonds is 4. The van der Waals surface area contributed by atoms with Crippen LogP contribution < -0.4 is 4.72 Å². The lowest BCUT2D eigenvalue weighted by Crippen LogP contribution is -2.12. The SMILES string of the molecule is O=C(O)c1cc(NS(=O)(=O)c2cn[nH]c2)ccc1Br. The fourth-order valence-electron chi connectivity index (χ4n) is 1.35. The fourth-order valence-corrected chi connectivity index (χ4v) is 2.72. The second-order valence-electron chi connectivity index (χ2n) is 3.54. The monoisotopic (exact) mass is 345 g/mol. The molecule has 0 saturated carbocycles. The second-order valence-corrected chi connectivity index (χ2v) is 6.08. The minimum Gasteiger partial charge on any atom is -0.478 e. The van der Waals surface area contributed by atoms with Crippen molar-refractivity contribution in [2.45, 2.75) is 4.90 Å². The molecular formula is C10H8BrN3O4S. The Balaban J connectivity index is 2.35. The molecule has 0 aliphatic rings. The molecule has 19 heavy (non-hydrogen) atoms. The van der Waals surface area contributed by atoms with E-state index in [1.54, 1.807) is 0 Å². The first-order chi connectivity index (χ1) is 8.90. The molecule has 0 unspecified atom stereocenters. The Morgan fingerprint density at radius 3 is 2.74 bits per heavy atom. The van der Waals surface area contributed by atoms with Gasteiger partial charge in [0.2, 0.25) is 0 Å². The molecule has 9 heteroatoms. The largest absolute Gasteiger partial charge is 0.478 e. The minimum atomic E-state index is -3.78. The van der Waals surface area contributed by atoms with E-state index in [0.29, 0.717) is 4.47 Å². The Bertz CT molecular complexity index is 712. The van der Waals surface area contributed by atoms with Gasteiger partial charge in [0, 0.05) is 16.4 Å². The Kier molecular flexibility index (Phi) is 3.58. The molecule has 0 saturated heterocycles. The smallest absolute Gasteiger partial charge is 0.336 e. The van der Waals surface area contributed by atoms with Gasteiger partial charge in [0.05, 0.1) is 11.8 Å². The van der Waals surface area contributed by atoms with Crippen LogP contribution in [0.5, 0.6) is 0 Å². The number of nitrogens with one attached hydrogen (secondary N) is 2. The van der Waals surface area contributed by atoms with Gasteiger partial charge >= 0.3 is 5.97 Å². The molecule has 0 amide bonds. The van der Waals surface area contributed by atoms with Crippen LogP contribution >= 0.6 is 15.9 Å². The second kappa shape index (κ2) is 5.02.